The normalized spacial score (nSPS) is 31.2. The van der Waals surface area contributed by atoms with Crippen molar-refractivity contribution in [1.82, 2.24) is 0 Å². The van der Waals surface area contributed by atoms with E-state index in [9.17, 15) is 14.3 Å². The van der Waals surface area contributed by atoms with Crippen LogP contribution in [0.3, 0.4) is 0 Å². The van der Waals surface area contributed by atoms with Gasteiger partial charge in [0.1, 0.15) is 22.7 Å². The zero-order valence-corrected chi connectivity index (χ0v) is 25.2. The molecule has 3 nitrogen and oxygen atoms in total. The molecule has 1 saturated carbocycles. The number of carbonyl (C=O) groups is 1. The summed E-state index contributed by atoms with van der Waals surface area (Å²) >= 11 is 21.5. The molecule has 212 valence electrons. The van der Waals surface area contributed by atoms with E-state index in [1.165, 1.54) is 12.1 Å². The molecule has 1 heterocycles. The molecule has 2 aliphatic rings. The summed E-state index contributed by atoms with van der Waals surface area (Å²) in [7, 11) is 0. The molecule has 0 radical (unpaired) electrons. The summed E-state index contributed by atoms with van der Waals surface area (Å²) in [5.41, 5.74) is -5.25. The van der Waals surface area contributed by atoms with Gasteiger partial charge in [-0.2, -0.15) is 13.2 Å². The molecule has 2 aromatic carbocycles. The van der Waals surface area contributed by atoms with Crippen molar-refractivity contribution >= 4 is 62.9 Å². The van der Waals surface area contributed by atoms with E-state index in [4.69, 9.17) is 34.8 Å². The topological polar surface area (TPSA) is 49.7 Å². The van der Waals surface area contributed by atoms with Crippen LogP contribution in [0.1, 0.15) is 51.2 Å². The van der Waals surface area contributed by atoms with Gasteiger partial charge in [-0.25, -0.2) is 4.39 Å². The Morgan fingerprint density at radius 1 is 1.10 bits per heavy atom. The molecule has 6 atom stereocenters. The second-order valence-electron chi connectivity index (χ2n) is 11.0. The lowest BCUT2D eigenvalue weighted by atomic mass is 9.53. The van der Waals surface area contributed by atoms with Crippen LogP contribution in [0.25, 0.3) is 0 Å². The molecule has 39 heavy (non-hydrogen) atoms. The van der Waals surface area contributed by atoms with E-state index in [1.54, 1.807) is 0 Å². The molecule has 3 unspecified atom stereocenters. The highest BCUT2D eigenvalue weighted by molar-refractivity contribution is 9.10. The highest BCUT2D eigenvalue weighted by atomic mass is 79.9. The smallest absolute Gasteiger partial charge is 0.404 e. The van der Waals surface area contributed by atoms with Crippen LogP contribution < -0.4 is 0 Å². The third-order valence-electron chi connectivity index (χ3n) is 8.52. The summed E-state index contributed by atoms with van der Waals surface area (Å²) in [5, 5.41) is 10.1. The highest BCUT2D eigenvalue weighted by Gasteiger charge is 2.73. The number of alkyl halides is 3. The third-order valence-corrected chi connectivity index (χ3v) is 10.3. The van der Waals surface area contributed by atoms with Gasteiger partial charge in [0, 0.05) is 6.21 Å². The number of rotatable bonds is 5. The molecule has 0 bridgehead atoms. The van der Waals surface area contributed by atoms with Crippen LogP contribution in [0.4, 0.5) is 17.6 Å². The molecule has 1 fully saturated rings. The van der Waals surface area contributed by atoms with Gasteiger partial charge in [-0.15, -0.1) is 0 Å². The van der Waals surface area contributed by atoms with Gasteiger partial charge >= 0.3 is 12.1 Å². The molecule has 0 amide bonds. The molecule has 0 spiro atoms. The minimum absolute atomic E-state index is 0.00533. The molecule has 0 aromatic heterocycles. The quantitative estimate of drug-likeness (QED) is 0.254. The molecule has 0 saturated heterocycles. The Labute approximate surface area is 248 Å². The van der Waals surface area contributed by atoms with Crippen LogP contribution in [0.2, 0.25) is 15.1 Å². The number of aliphatic carboxylic acids is 1. The van der Waals surface area contributed by atoms with Gasteiger partial charge in [0.2, 0.25) is 0 Å². The maximum Gasteiger partial charge on any atom is 0.404 e. The fourth-order valence-electron chi connectivity index (χ4n) is 6.74. The van der Waals surface area contributed by atoms with Gasteiger partial charge in [0.15, 0.2) is 0 Å². The van der Waals surface area contributed by atoms with Crippen LogP contribution in [-0.4, -0.2) is 23.5 Å². The minimum atomic E-state index is -5.12. The number of aliphatic imine (C=N–C) groups is 1. The second kappa shape index (κ2) is 10.8. The van der Waals surface area contributed by atoms with E-state index >= 15 is 13.2 Å². The summed E-state index contributed by atoms with van der Waals surface area (Å²) in [6, 6.07) is 5.83. The zero-order chi connectivity index (χ0) is 29.1. The van der Waals surface area contributed by atoms with Crippen molar-refractivity contribution in [2.75, 3.05) is 0 Å². The van der Waals surface area contributed by atoms with Gasteiger partial charge in [0.05, 0.1) is 19.5 Å². The molecular weight excluding hydrogens is 645 g/mol. The Bertz CT molecular complexity index is 1300. The molecule has 1 aliphatic carbocycles. The van der Waals surface area contributed by atoms with Crippen LogP contribution in [-0.2, 0) is 15.7 Å². The average Bonchev–Trinajstić information content (AvgIpc) is 3.22. The Balaban J connectivity index is 2.12. The summed E-state index contributed by atoms with van der Waals surface area (Å²) < 4.78 is 60.7. The summed E-state index contributed by atoms with van der Waals surface area (Å²) in [6.07, 6.45) is -2.40. The van der Waals surface area contributed by atoms with Gasteiger partial charge in [-0.3, -0.25) is 9.79 Å². The lowest BCUT2D eigenvalue weighted by Crippen LogP contribution is -2.58. The predicted octanol–water partition coefficient (Wildman–Crippen LogP) is 9.74. The van der Waals surface area contributed by atoms with Crippen molar-refractivity contribution in [3.05, 3.63) is 66.8 Å². The number of carboxylic acids is 1. The first-order valence-electron chi connectivity index (χ1n) is 12.5. The SMILES string of the molecule is CC(C)C1CC[C@@H](C)C[C@H]1[C@]1(c2ccc(F)c(Br)c2)N=CC(c2cc(Cl)c(Cl)c(Cl)c2)(C(F)(F)F)C1C(=O)O. The summed E-state index contributed by atoms with van der Waals surface area (Å²) in [4.78, 5) is 17.8. The average molecular weight is 672 g/mol. The van der Waals surface area contributed by atoms with Crippen LogP contribution in [0.5, 0.6) is 0 Å². The van der Waals surface area contributed by atoms with Crippen molar-refractivity contribution in [1.29, 1.82) is 0 Å². The lowest BCUT2D eigenvalue weighted by molar-refractivity contribution is -0.198. The Kier molecular flexibility index (Phi) is 8.48. The van der Waals surface area contributed by atoms with Crippen molar-refractivity contribution in [3.63, 3.8) is 0 Å². The Morgan fingerprint density at radius 2 is 1.72 bits per heavy atom. The van der Waals surface area contributed by atoms with Crippen LogP contribution in [0, 0.1) is 35.4 Å². The van der Waals surface area contributed by atoms with Crippen LogP contribution >= 0.6 is 50.7 Å². The molecule has 2 aromatic rings. The fraction of sp³-hybridized carbons (Fsp3) is 0.500. The molecule has 1 aliphatic heterocycles. The predicted molar refractivity (Wildman–Crippen MR) is 149 cm³/mol. The number of hydrogen-bond donors (Lipinski definition) is 1. The largest absolute Gasteiger partial charge is 0.481 e. The highest BCUT2D eigenvalue weighted by Crippen LogP contribution is 2.63. The number of benzene rings is 2. The van der Waals surface area contributed by atoms with E-state index in [0.29, 0.717) is 19.1 Å². The van der Waals surface area contributed by atoms with Crippen LogP contribution in [0.15, 0.2) is 39.8 Å². The van der Waals surface area contributed by atoms with Crippen molar-refractivity contribution in [2.24, 2.45) is 34.6 Å². The standard InChI is InChI=1S/C28H27BrCl3F4NO2/c1-13(2)17-6-4-14(3)8-18(17)27(15-5-7-22(33)19(29)9-15)24(25(38)39)26(12-37-27,28(34,35)36)16-10-20(30)23(32)21(31)11-16/h5,7,9-14,17-18,24H,4,6,8H2,1-3H3,(H,38,39)/t14-,17?,18-,24?,26?,27+/m1/s1. The summed E-state index contributed by atoms with van der Waals surface area (Å²) in [5.74, 6) is -5.02. The Morgan fingerprint density at radius 3 is 2.23 bits per heavy atom. The van der Waals surface area contributed by atoms with E-state index in [-0.39, 0.29) is 42.9 Å². The Hall–Kier alpha value is -1.35. The van der Waals surface area contributed by atoms with Crippen molar-refractivity contribution < 1.29 is 27.5 Å². The maximum atomic E-state index is 15.4. The maximum absolute atomic E-state index is 15.4. The summed E-state index contributed by atoms with van der Waals surface area (Å²) in [6.45, 7) is 5.96. The van der Waals surface area contributed by atoms with Crippen molar-refractivity contribution in [3.8, 4) is 0 Å². The van der Waals surface area contributed by atoms with Gasteiger partial charge in [0.25, 0.3) is 0 Å². The van der Waals surface area contributed by atoms with E-state index in [0.717, 1.165) is 24.6 Å². The number of carboxylic acid groups (broad SMARTS) is 1. The number of hydrogen-bond acceptors (Lipinski definition) is 2. The van der Waals surface area contributed by atoms with Crippen molar-refractivity contribution in [2.45, 2.75) is 57.2 Å². The van der Waals surface area contributed by atoms with Gasteiger partial charge in [-0.1, -0.05) is 68.1 Å². The number of halogens is 8. The van der Waals surface area contributed by atoms with E-state index in [1.807, 2.05) is 20.8 Å². The molecule has 11 heteroatoms. The molecular formula is C28H27BrCl3F4NO2. The molecule has 4 rings (SSSR count). The fourth-order valence-corrected chi connectivity index (χ4v) is 7.72. The monoisotopic (exact) mass is 669 g/mol. The minimum Gasteiger partial charge on any atom is -0.481 e. The van der Waals surface area contributed by atoms with E-state index < -0.39 is 46.3 Å². The second-order valence-corrected chi connectivity index (χ2v) is 13.1. The zero-order valence-electron chi connectivity index (χ0n) is 21.3. The third kappa shape index (κ3) is 4.91. The first kappa shape index (κ1) is 30.6. The first-order chi connectivity index (χ1) is 18.1. The van der Waals surface area contributed by atoms with Gasteiger partial charge < -0.3 is 5.11 Å². The van der Waals surface area contributed by atoms with Gasteiger partial charge in [-0.05, 0) is 87.8 Å². The molecule has 1 N–H and O–H groups in total. The number of nitrogens with zero attached hydrogens (tertiary/aromatic N) is 1. The lowest BCUT2D eigenvalue weighted by Gasteiger charge is -2.50. The first-order valence-corrected chi connectivity index (χ1v) is 14.5. The van der Waals surface area contributed by atoms with E-state index in [2.05, 4.69) is 20.9 Å².